The Bertz CT molecular complexity index is 430. The fraction of sp³-hybridized carbons (Fsp3) is 0.500. The monoisotopic (exact) mass is 222 g/mol. The van der Waals surface area contributed by atoms with Gasteiger partial charge < -0.3 is 5.11 Å². The van der Waals surface area contributed by atoms with Crippen molar-refractivity contribution in [3.8, 4) is 0 Å². The highest BCUT2D eigenvalue weighted by Gasteiger charge is 2.12. The molecule has 88 valence electrons. The van der Waals surface area contributed by atoms with Gasteiger partial charge in [-0.15, -0.1) is 0 Å². The van der Waals surface area contributed by atoms with Gasteiger partial charge in [-0.3, -0.25) is 9.48 Å². The molecule has 1 heterocycles. The van der Waals surface area contributed by atoms with Crippen molar-refractivity contribution in [2.75, 3.05) is 0 Å². The van der Waals surface area contributed by atoms with Crippen LogP contribution >= 0.6 is 0 Å². The van der Waals surface area contributed by atoms with Gasteiger partial charge in [0.1, 0.15) is 0 Å². The molecule has 0 aliphatic heterocycles. The normalized spacial score (nSPS) is 11.9. The summed E-state index contributed by atoms with van der Waals surface area (Å²) in [7, 11) is 1.90. The number of nitrogens with zero attached hydrogens (tertiary/aromatic N) is 2. The SMILES string of the molecule is CC/C(=C\CC(=O)O)c1c(C)nn(C)c1C. The number of rotatable bonds is 4. The van der Waals surface area contributed by atoms with E-state index in [-0.39, 0.29) is 6.42 Å². The van der Waals surface area contributed by atoms with Gasteiger partial charge in [0.05, 0.1) is 12.1 Å². The van der Waals surface area contributed by atoms with Crippen LogP contribution in [0.4, 0.5) is 0 Å². The summed E-state index contributed by atoms with van der Waals surface area (Å²) in [6.45, 7) is 5.98. The molecule has 0 spiro atoms. The van der Waals surface area contributed by atoms with Crippen molar-refractivity contribution in [3.05, 3.63) is 23.0 Å². The minimum atomic E-state index is -0.801. The van der Waals surface area contributed by atoms with E-state index in [4.69, 9.17) is 5.11 Å². The van der Waals surface area contributed by atoms with Crippen LogP contribution in [-0.2, 0) is 11.8 Å². The molecule has 0 bridgehead atoms. The van der Waals surface area contributed by atoms with E-state index in [0.29, 0.717) is 0 Å². The molecule has 1 aromatic rings. The van der Waals surface area contributed by atoms with Gasteiger partial charge in [0, 0.05) is 18.3 Å². The van der Waals surface area contributed by atoms with E-state index in [1.807, 2.05) is 32.5 Å². The topological polar surface area (TPSA) is 55.1 Å². The predicted octanol–water partition coefficient (Wildman–Crippen LogP) is 2.31. The largest absolute Gasteiger partial charge is 0.481 e. The molecule has 16 heavy (non-hydrogen) atoms. The Morgan fingerprint density at radius 1 is 1.50 bits per heavy atom. The average molecular weight is 222 g/mol. The number of carbonyl (C=O) groups is 1. The van der Waals surface area contributed by atoms with Crippen LogP contribution in [0.15, 0.2) is 6.08 Å². The molecule has 1 N–H and O–H groups in total. The van der Waals surface area contributed by atoms with E-state index in [1.54, 1.807) is 6.08 Å². The third-order valence-corrected chi connectivity index (χ3v) is 2.73. The minimum absolute atomic E-state index is 0.0664. The molecule has 0 saturated heterocycles. The highest BCUT2D eigenvalue weighted by molar-refractivity contribution is 5.75. The molecule has 0 unspecified atom stereocenters. The summed E-state index contributed by atoms with van der Waals surface area (Å²) in [6, 6.07) is 0. The maximum absolute atomic E-state index is 10.6. The molecule has 0 fully saturated rings. The number of hydrogen-bond acceptors (Lipinski definition) is 2. The second-order valence-electron chi connectivity index (χ2n) is 3.85. The number of aliphatic carboxylic acids is 1. The highest BCUT2D eigenvalue weighted by Crippen LogP contribution is 2.25. The van der Waals surface area contributed by atoms with Crippen LogP contribution in [0.3, 0.4) is 0 Å². The first-order chi connectivity index (χ1) is 7.47. The van der Waals surface area contributed by atoms with Gasteiger partial charge in [-0.2, -0.15) is 5.10 Å². The summed E-state index contributed by atoms with van der Waals surface area (Å²) in [5.74, 6) is -0.801. The Labute approximate surface area is 95.6 Å². The fourth-order valence-electron chi connectivity index (χ4n) is 1.87. The van der Waals surface area contributed by atoms with Crippen molar-refractivity contribution in [2.24, 2.45) is 7.05 Å². The standard InChI is InChI=1S/C12H18N2O2/c1-5-10(6-7-11(15)16)12-8(2)13-14(4)9(12)3/h6H,5,7H2,1-4H3,(H,15,16)/b10-6+. The third kappa shape index (κ3) is 2.51. The third-order valence-electron chi connectivity index (χ3n) is 2.73. The number of carboxylic acid groups (broad SMARTS) is 1. The van der Waals surface area contributed by atoms with Crippen molar-refractivity contribution in [3.63, 3.8) is 0 Å². The van der Waals surface area contributed by atoms with Gasteiger partial charge in [0.15, 0.2) is 0 Å². The lowest BCUT2D eigenvalue weighted by atomic mass is 10.0. The molecular weight excluding hydrogens is 204 g/mol. The van der Waals surface area contributed by atoms with E-state index >= 15 is 0 Å². The number of hydrogen-bond donors (Lipinski definition) is 1. The summed E-state index contributed by atoms with van der Waals surface area (Å²) in [5.41, 5.74) is 4.19. The van der Waals surface area contributed by atoms with Gasteiger partial charge in [0.2, 0.25) is 0 Å². The lowest BCUT2D eigenvalue weighted by Crippen LogP contribution is -1.95. The molecule has 0 aliphatic rings. The van der Waals surface area contributed by atoms with E-state index in [0.717, 1.165) is 28.9 Å². The van der Waals surface area contributed by atoms with Crippen molar-refractivity contribution in [1.29, 1.82) is 0 Å². The number of aryl methyl sites for hydroxylation is 2. The van der Waals surface area contributed by atoms with Gasteiger partial charge in [-0.1, -0.05) is 13.0 Å². The van der Waals surface area contributed by atoms with Crippen molar-refractivity contribution < 1.29 is 9.90 Å². The van der Waals surface area contributed by atoms with Crippen LogP contribution in [0.1, 0.15) is 36.7 Å². The lowest BCUT2D eigenvalue weighted by molar-refractivity contribution is -0.135. The molecule has 1 rings (SSSR count). The zero-order chi connectivity index (χ0) is 12.3. The fourth-order valence-corrected chi connectivity index (χ4v) is 1.87. The predicted molar refractivity (Wildman–Crippen MR) is 63.2 cm³/mol. The first-order valence-corrected chi connectivity index (χ1v) is 5.38. The summed E-state index contributed by atoms with van der Waals surface area (Å²) in [6.07, 6.45) is 2.66. The molecule has 0 amide bonds. The second kappa shape index (κ2) is 4.96. The van der Waals surface area contributed by atoms with E-state index in [1.165, 1.54) is 0 Å². The van der Waals surface area contributed by atoms with E-state index in [9.17, 15) is 4.79 Å². The number of allylic oxidation sites excluding steroid dienone is 1. The molecule has 4 heteroatoms. The molecule has 0 atom stereocenters. The van der Waals surface area contributed by atoms with Crippen LogP contribution in [-0.4, -0.2) is 20.9 Å². The van der Waals surface area contributed by atoms with Gasteiger partial charge >= 0.3 is 5.97 Å². The van der Waals surface area contributed by atoms with Crippen LogP contribution in [0.2, 0.25) is 0 Å². The maximum atomic E-state index is 10.6. The molecule has 0 radical (unpaired) electrons. The maximum Gasteiger partial charge on any atom is 0.307 e. The minimum Gasteiger partial charge on any atom is -0.481 e. The van der Waals surface area contributed by atoms with Crippen LogP contribution in [0.5, 0.6) is 0 Å². The zero-order valence-electron chi connectivity index (χ0n) is 10.2. The van der Waals surface area contributed by atoms with E-state index < -0.39 is 5.97 Å². The van der Waals surface area contributed by atoms with Crippen LogP contribution < -0.4 is 0 Å². The quantitative estimate of drug-likeness (QED) is 0.850. The van der Waals surface area contributed by atoms with Gasteiger partial charge in [0.25, 0.3) is 0 Å². The molecule has 1 aromatic heterocycles. The summed E-state index contributed by atoms with van der Waals surface area (Å²) >= 11 is 0. The first-order valence-electron chi connectivity index (χ1n) is 5.38. The highest BCUT2D eigenvalue weighted by atomic mass is 16.4. The molecule has 4 nitrogen and oxygen atoms in total. The summed E-state index contributed by atoms with van der Waals surface area (Å²) in [4.78, 5) is 10.6. The van der Waals surface area contributed by atoms with Crippen molar-refractivity contribution >= 4 is 11.5 Å². The number of aromatic nitrogens is 2. The summed E-state index contributed by atoms with van der Waals surface area (Å²) in [5, 5.41) is 13.0. The van der Waals surface area contributed by atoms with Crippen LogP contribution in [0.25, 0.3) is 5.57 Å². The summed E-state index contributed by atoms with van der Waals surface area (Å²) < 4.78 is 1.83. The Morgan fingerprint density at radius 3 is 2.50 bits per heavy atom. The molecular formula is C12H18N2O2. The second-order valence-corrected chi connectivity index (χ2v) is 3.85. The Morgan fingerprint density at radius 2 is 2.12 bits per heavy atom. The van der Waals surface area contributed by atoms with Crippen molar-refractivity contribution in [1.82, 2.24) is 9.78 Å². The smallest absolute Gasteiger partial charge is 0.307 e. The zero-order valence-corrected chi connectivity index (χ0v) is 10.2. The van der Waals surface area contributed by atoms with E-state index in [2.05, 4.69) is 5.10 Å². The number of carboxylic acids is 1. The molecule has 0 aromatic carbocycles. The lowest BCUT2D eigenvalue weighted by Gasteiger charge is -2.05. The van der Waals surface area contributed by atoms with Crippen LogP contribution in [0, 0.1) is 13.8 Å². The first kappa shape index (κ1) is 12.5. The Hall–Kier alpha value is -1.58. The Kier molecular flexibility index (Phi) is 3.88. The van der Waals surface area contributed by atoms with Gasteiger partial charge in [-0.05, 0) is 25.8 Å². The van der Waals surface area contributed by atoms with Gasteiger partial charge in [-0.25, -0.2) is 0 Å². The molecule has 0 aliphatic carbocycles. The Balaban J connectivity index is 3.13. The average Bonchev–Trinajstić information content (AvgIpc) is 2.45. The van der Waals surface area contributed by atoms with Crippen molar-refractivity contribution in [2.45, 2.75) is 33.6 Å². The molecule has 0 saturated carbocycles.